The number of hydrogen-bond acceptors (Lipinski definition) is 5. The fourth-order valence-corrected chi connectivity index (χ4v) is 3.38. The van der Waals surface area contributed by atoms with E-state index in [1.54, 1.807) is 0 Å². The van der Waals surface area contributed by atoms with Gasteiger partial charge in [-0.15, -0.1) is 21.5 Å². The fourth-order valence-electron chi connectivity index (χ4n) is 1.57. The average Bonchev–Trinajstić information content (AvgIpc) is 2.91. The third-order valence-corrected chi connectivity index (χ3v) is 4.45. The van der Waals surface area contributed by atoms with Crippen LogP contribution < -0.4 is 0 Å². The van der Waals surface area contributed by atoms with Crippen LogP contribution in [0.5, 0.6) is 0 Å². The van der Waals surface area contributed by atoms with Crippen molar-refractivity contribution in [2.24, 2.45) is 0 Å². The molecule has 2 aromatic heterocycles. The molecule has 0 saturated carbocycles. The number of hydrogen-bond donors (Lipinski definition) is 1. The van der Waals surface area contributed by atoms with E-state index in [2.05, 4.69) is 10.2 Å². The van der Waals surface area contributed by atoms with Crippen molar-refractivity contribution < 1.29 is 9.90 Å². The first-order chi connectivity index (χ1) is 8.99. The summed E-state index contributed by atoms with van der Waals surface area (Å²) in [6, 6.07) is 3.84. The van der Waals surface area contributed by atoms with E-state index in [9.17, 15) is 4.79 Å². The Morgan fingerprint density at radius 2 is 2.26 bits per heavy atom. The van der Waals surface area contributed by atoms with Crippen molar-refractivity contribution in [2.75, 3.05) is 5.75 Å². The third-order valence-electron chi connectivity index (χ3n) is 2.30. The van der Waals surface area contributed by atoms with Gasteiger partial charge in [-0.3, -0.25) is 9.36 Å². The molecule has 8 heteroatoms. The maximum absolute atomic E-state index is 10.6. The second-order valence-corrected chi connectivity index (χ2v) is 6.71. The van der Waals surface area contributed by atoms with Gasteiger partial charge in [-0.2, -0.15) is 0 Å². The van der Waals surface area contributed by atoms with E-state index >= 15 is 0 Å². The van der Waals surface area contributed by atoms with Gasteiger partial charge in [0.25, 0.3) is 0 Å². The Morgan fingerprint density at radius 3 is 2.79 bits per heavy atom. The van der Waals surface area contributed by atoms with Gasteiger partial charge in [0.15, 0.2) is 11.0 Å². The van der Waals surface area contributed by atoms with Gasteiger partial charge in [-0.1, -0.05) is 23.4 Å². The highest BCUT2D eigenvalue weighted by Gasteiger charge is 2.18. The van der Waals surface area contributed by atoms with Crippen molar-refractivity contribution in [2.45, 2.75) is 25.0 Å². The summed E-state index contributed by atoms with van der Waals surface area (Å²) in [4.78, 5) is 11.6. The summed E-state index contributed by atoms with van der Waals surface area (Å²) in [5, 5.41) is 17.6. The lowest BCUT2D eigenvalue weighted by atomic mass is 10.3. The highest BCUT2D eigenvalue weighted by Crippen LogP contribution is 2.33. The Hall–Kier alpha value is -1.05. The van der Waals surface area contributed by atoms with Crippen LogP contribution >= 0.6 is 34.7 Å². The van der Waals surface area contributed by atoms with E-state index in [1.807, 2.05) is 30.5 Å². The van der Waals surface area contributed by atoms with Gasteiger partial charge in [-0.05, 0) is 26.0 Å². The van der Waals surface area contributed by atoms with Crippen LogP contribution in [-0.2, 0) is 4.79 Å². The highest BCUT2D eigenvalue weighted by atomic mass is 35.5. The maximum atomic E-state index is 10.6. The number of carboxylic acids is 1. The van der Waals surface area contributed by atoms with Gasteiger partial charge in [-0.25, -0.2) is 0 Å². The molecule has 0 amide bonds. The molecule has 0 aliphatic heterocycles. The summed E-state index contributed by atoms with van der Waals surface area (Å²) in [5.41, 5.74) is 0. The normalized spacial score (nSPS) is 11.2. The van der Waals surface area contributed by atoms with Gasteiger partial charge in [0.05, 0.1) is 15.0 Å². The summed E-state index contributed by atoms with van der Waals surface area (Å²) in [7, 11) is 0. The van der Waals surface area contributed by atoms with Gasteiger partial charge in [0.2, 0.25) is 0 Å². The Balaban J connectivity index is 2.37. The predicted octanol–water partition coefficient (Wildman–Crippen LogP) is 3.42. The lowest BCUT2D eigenvalue weighted by Crippen LogP contribution is -2.06. The van der Waals surface area contributed by atoms with E-state index in [0.717, 1.165) is 10.7 Å². The minimum Gasteiger partial charge on any atom is -0.481 e. The lowest BCUT2D eigenvalue weighted by Gasteiger charge is -2.12. The first kappa shape index (κ1) is 14.4. The van der Waals surface area contributed by atoms with E-state index < -0.39 is 5.97 Å². The molecule has 1 N–H and O–H groups in total. The Labute approximate surface area is 123 Å². The third kappa shape index (κ3) is 3.29. The topological polar surface area (TPSA) is 68.0 Å². The zero-order chi connectivity index (χ0) is 14.0. The number of nitrogens with zero attached hydrogens (tertiary/aromatic N) is 3. The quantitative estimate of drug-likeness (QED) is 0.856. The van der Waals surface area contributed by atoms with Crippen molar-refractivity contribution >= 4 is 40.7 Å². The molecule has 0 radical (unpaired) electrons. The molecule has 0 unspecified atom stereocenters. The number of aliphatic carboxylic acids is 1. The molecule has 19 heavy (non-hydrogen) atoms. The molecule has 0 aliphatic carbocycles. The van der Waals surface area contributed by atoms with E-state index in [4.69, 9.17) is 16.7 Å². The number of carboxylic acid groups (broad SMARTS) is 1. The van der Waals surface area contributed by atoms with Crippen LogP contribution in [0.2, 0.25) is 4.34 Å². The van der Waals surface area contributed by atoms with E-state index in [-0.39, 0.29) is 11.8 Å². The monoisotopic (exact) mass is 317 g/mol. The fraction of sp³-hybridized carbons (Fsp3) is 0.364. The number of carbonyl (C=O) groups is 1. The maximum Gasteiger partial charge on any atom is 0.313 e. The van der Waals surface area contributed by atoms with Gasteiger partial charge in [0, 0.05) is 6.04 Å². The van der Waals surface area contributed by atoms with Crippen molar-refractivity contribution in [1.29, 1.82) is 0 Å². The zero-order valence-corrected chi connectivity index (χ0v) is 12.7. The molecule has 0 spiro atoms. The standard InChI is InChI=1S/C11H12ClN3O2S2/c1-6(2)15-10(7-3-4-8(12)19-7)13-14-11(15)18-5-9(16)17/h3-4,6H,5H2,1-2H3,(H,16,17). The van der Waals surface area contributed by atoms with Crippen molar-refractivity contribution in [3.63, 3.8) is 0 Å². The molecule has 0 bridgehead atoms. The molecule has 2 aromatic rings. The number of thioether (sulfide) groups is 1. The zero-order valence-electron chi connectivity index (χ0n) is 10.3. The molecule has 0 aromatic carbocycles. The van der Waals surface area contributed by atoms with E-state index in [1.165, 1.54) is 23.1 Å². The molecule has 5 nitrogen and oxygen atoms in total. The highest BCUT2D eigenvalue weighted by molar-refractivity contribution is 7.99. The molecule has 2 rings (SSSR count). The first-order valence-electron chi connectivity index (χ1n) is 5.54. The molecular weight excluding hydrogens is 306 g/mol. The molecule has 2 heterocycles. The molecule has 0 atom stereocenters. The molecule has 0 saturated heterocycles. The minimum atomic E-state index is -0.871. The molecule has 0 aliphatic rings. The molecule has 0 fully saturated rings. The summed E-state index contributed by atoms with van der Waals surface area (Å²) in [5.74, 6) is -0.181. The van der Waals surface area contributed by atoms with Crippen LogP contribution in [-0.4, -0.2) is 31.6 Å². The summed E-state index contributed by atoms with van der Waals surface area (Å²) in [6.07, 6.45) is 0. The Bertz CT molecular complexity index is 595. The Kier molecular flexibility index (Phi) is 4.49. The van der Waals surface area contributed by atoms with Gasteiger partial charge >= 0.3 is 5.97 Å². The lowest BCUT2D eigenvalue weighted by molar-refractivity contribution is -0.133. The van der Waals surface area contributed by atoms with Crippen molar-refractivity contribution in [1.82, 2.24) is 14.8 Å². The largest absolute Gasteiger partial charge is 0.481 e. The van der Waals surface area contributed by atoms with Crippen LogP contribution in [0.3, 0.4) is 0 Å². The minimum absolute atomic E-state index is 0.0317. The number of halogens is 1. The predicted molar refractivity (Wildman–Crippen MR) is 77.1 cm³/mol. The van der Waals surface area contributed by atoms with Crippen LogP contribution in [0, 0.1) is 0 Å². The second kappa shape index (κ2) is 5.94. The first-order valence-corrected chi connectivity index (χ1v) is 7.72. The smallest absolute Gasteiger partial charge is 0.313 e. The number of thiophene rings is 1. The molecular formula is C11H12ClN3O2S2. The molecule has 102 valence electrons. The van der Waals surface area contributed by atoms with E-state index in [0.29, 0.717) is 9.49 Å². The van der Waals surface area contributed by atoms with Crippen LogP contribution in [0.15, 0.2) is 17.3 Å². The van der Waals surface area contributed by atoms with Crippen LogP contribution in [0.4, 0.5) is 0 Å². The second-order valence-electron chi connectivity index (χ2n) is 4.06. The number of rotatable bonds is 5. The van der Waals surface area contributed by atoms with Crippen molar-refractivity contribution in [3.8, 4) is 10.7 Å². The van der Waals surface area contributed by atoms with Crippen LogP contribution in [0.1, 0.15) is 19.9 Å². The number of aromatic nitrogens is 3. The summed E-state index contributed by atoms with van der Waals surface area (Å²) >= 11 is 8.52. The Morgan fingerprint density at radius 1 is 1.53 bits per heavy atom. The summed E-state index contributed by atoms with van der Waals surface area (Å²) in [6.45, 7) is 4.01. The van der Waals surface area contributed by atoms with Gasteiger partial charge < -0.3 is 5.11 Å². The average molecular weight is 318 g/mol. The summed E-state index contributed by atoms with van der Waals surface area (Å²) < 4.78 is 2.61. The van der Waals surface area contributed by atoms with Gasteiger partial charge in [0.1, 0.15) is 0 Å². The van der Waals surface area contributed by atoms with Crippen molar-refractivity contribution in [3.05, 3.63) is 16.5 Å². The van der Waals surface area contributed by atoms with Crippen LogP contribution in [0.25, 0.3) is 10.7 Å². The SMILES string of the molecule is CC(C)n1c(SCC(=O)O)nnc1-c1ccc(Cl)s1.